The molecule has 0 N–H and O–H groups in total. The second-order valence-electron chi connectivity index (χ2n) is 3.79. The predicted molar refractivity (Wildman–Crippen MR) is 104 cm³/mol. The Kier molecular flexibility index (Phi) is 25.5. The van der Waals surface area contributed by atoms with Gasteiger partial charge < -0.3 is 71.7 Å². The van der Waals surface area contributed by atoms with Crippen LogP contribution in [-0.4, -0.2) is 20.3 Å². The molecule has 0 radical (unpaired) electrons. The fourth-order valence-corrected chi connectivity index (χ4v) is 3.03. The van der Waals surface area contributed by atoms with Crippen molar-refractivity contribution in [2.24, 2.45) is 0 Å². The average molecular weight is 592 g/mol. The Morgan fingerprint density at radius 3 is 0.939 bits per heavy atom. The summed E-state index contributed by atoms with van der Waals surface area (Å²) in [6.07, 6.45) is 2.86. The third-order valence-electron chi connectivity index (χ3n) is 1.79. The first-order chi connectivity index (χ1) is 14.7. The topological polar surface area (TPSA) is 319 Å². The van der Waals surface area contributed by atoms with Crippen LogP contribution in [0.15, 0.2) is 58.8 Å². The SMILES string of the molecule is O=[N+]([O-])[O-].O=[N+]([O-])[O-].O=[N+]([O-])[O-].O=[N+]([O-])[O-].[O-][n+]1ccccc1SSc1cccc[n+]1[O-].[Zr+4]. The van der Waals surface area contributed by atoms with Crippen molar-refractivity contribution in [3.8, 4) is 0 Å². The summed E-state index contributed by atoms with van der Waals surface area (Å²) in [4.78, 5) is 33.0. The molecule has 2 heterocycles. The molecule has 0 aliphatic rings. The fraction of sp³-hybridized carbons (Fsp3) is 0. The summed E-state index contributed by atoms with van der Waals surface area (Å²) in [6.45, 7) is 0. The molecule has 0 bridgehead atoms. The Labute approximate surface area is 207 Å². The van der Waals surface area contributed by atoms with Crippen LogP contribution >= 0.6 is 21.6 Å². The molecule has 2 aromatic rings. The first kappa shape index (κ1) is 36.6. The van der Waals surface area contributed by atoms with Crippen LogP contribution in [0.1, 0.15) is 0 Å². The van der Waals surface area contributed by atoms with Crippen molar-refractivity contribution in [2.45, 2.75) is 10.1 Å². The Hall–Kier alpha value is -3.72. The maximum Gasteiger partial charge on any atom is 4.00 e. The van der Waals surface area contributed by atoms with Gasteiger partial charge in [-0.1, -0.05) is 0 Å². The van der Waals surface area contributed by atoms with Gasteiger partial charge in [0.2, 0.25) is 0 Å². The largest absolute Gasteiger partial charge is 4.00 e. The molecule has 0 unspecified atom stereocenters. The van der Waals surface area contributed by atoms with E-state index in [0.717, 1.165) is 9.46 Å². The molecule has 0 amide bonds. The molecule has 33 heavy (non-hydrogen) atoms. The van der Waals surface area contributed by atoms with Crippen LogP contribution in [-0.2, 0) is 26.2 Å². The van der Waals surface area contributed by atoms with Gasteiger partial charge in [-0.05, 0) is 12.1 Å². The molecule has 0 fully saturated rings. The van der Waals surface area contributed by atoms with Gasteiger partial charge in [-0.25, -0.2) is 0 Å². The van der Waals surface area contributed by atoms with E-state index in [-0.39, 0.29) is 26.2 Å². The van der Waals surface area contributed by atoms with E-state index >= 15 is 0 Å². The maximum absolute atomic E-state index is 11.3. The van der Waals surface area contributed by atoms with Gasteiger partial charge in [-0.3, -0.25) is 0 Å². The molecule has 0 saturated heterocycles. The van der Waals surface area contributed by atoms with Gasteiger partial charge in [0, 0.05) is 45.9 Å². The van der Waals surface area contributed by atoms with E-state index in [0.29, 0.717) is 10.1 Å². The van der Waals surface area contributed by atoms with E-state index in [1.54, 1.807) is 36.4 Å². The third kappa shape index (κ3) is 36.0. The maximum atomic E-state index is 11.3. The van der Waals surface area contributed by atoms with Crippen LogP contribution in [0, 0.1) is 71.7 Å². The van der Waals surface area contributed by atoms with Crippen molar-refractivity contribution >= 4 is 21.6 Å². The van der Waals surface area contributed by atoms with E-state index in [4.69, 9.17) is 61.3 Å². The molecule has 0 spiro atoms. The van der Waals surface area contributed by atoms with Crippen LogP contribution in [0.4, 0.5) is 0 Å². The number of aromatic nitrogens is 2. The minimum absolute atomic E-state index is 0. The first-order valence-corrected chi connectivity index (χ1v) is 8.82. The summed E-state index contributed by atoms with van der Waals surface area (Å²) < 4.78 is 1.55. The van der Waals surface area contributed by atoms with Gasteiger partial charge in [-0.2, -0.15) is 9.46 Å². The average Bonchev–Trinajstić information content (AvgIpc) is 2.60. The smallest absolute Gasteiger partial charge is 0.618 e. The van der Waals surface area contributed by atoms with Gasteiger partial charge in [0.1, 0.15) is 0 Å². The normalized spacial score (nSPS) is 7.88. The minimum atomic E-state index is -1.75. The zero-order chi connectivity index (χ0) is 25.7. The number of pyridine rings is 2. The van der Waals surface area contributed by atoms with Crippen molar-refractivity contribution < 1.29 is 56.0 Å². The van der Waals surface area contributed by atoms with Gasteiger partial charge in [0.15, 0.2) is 12.4 Å². The van der Waals surface area contributed by atoms with Crippen molar-refractivity contribution in [1.29, 1.82) is 0 Å². The fourth-order valence-electron chi connectivity index (χ4n) is 1.04. The molecular weight excluding hydrogens is 583 g/mol. The summed E-state index contributed by atoms with van der Waals surface area (Å²) in [6, 6.07) is 10.3. The van der Waals surface area contributed by atoms with Crippen molar-refractivity contribution in [3.63, 3.8) is 0 Å². The number of hydrogen-bond donors (Lipinski definition) is 0. The van der Waals surface area contributed by atoms with Gasteiger partial charge in [0.05, 0.1) is 20.3 Å². The number of nitrogens with zero attached hydrogens (tertiary/aromatic N) is 6. The summed E-state index contributed by atoms with van der Waals surface area (Å²) in [7, 11) is 2.52. The van der Waals surface area contributed by atoms with Gasteiger partial charge in [0.25, 0.3) is 10.1 Å². The zero-order valence-corrected chi connectivity index (χ0v) is 19.4. The summed E-state index contributed by atoms with van der Waals surface area (Å²) in [5, 5.41) is 82.8. The number of rotatable bonds is 3. The molecule has 2 rings (SSSR count). The quantitative estimate of drug-likeness (QED) is 0.156. The van der Waals surface area contributed by atoms with Crippen LogP contribution in [0.5, 0.6) is 0 Å². The molecule has 2 aromatic heterocycles. The molecule has 0 aromatic carbocycles. The second-order valence-corrected chi connectivity index (χ2v) is 5.96. The van der Waals surface area contributed by atoms with Crippen molar-refractivity contribution in [1.82, 2.24) is 0 Å². The molecule has 0 saturated carbocycles. The van der Waals surface area contributed by atoms with Crippen LogP contribution in [0.2, 0.25) is 0 Å². The van der Waals surface area contributed by atoms with Crippen LogP contribution in [0.25, 0.3) is 0 Å². The minimum Gasteiger partial charge on any atom is -0.618 e. The molecule has 20 nitrogen and oxygen atoms in total. The molecule has 178 valence electrons. The third-order valence-corrected chi connectivity index (χ3v) is 4.12. The molecule has 0 aliphatic carbocycles. The Morgan fingerprint density at radius 2 is 0.758 bits per heavy atom. The molecule has 0 atom stereocenters. The number of hydrogen-bond acceptors (Lipinski definition) is 16. The van der Waals surface area contributed by atoms with Crippen molar-refractivity contribution in [2.75, 3.05) is 0 Å². The Balaban J connectivity index is -0.000000205. The second kappa shape index (κ2) is 23.0. The first-order valence-electron chi connectivity index (χ1n) is 6.67. The van der Waals surface area contributed by atoms with E-state index in [2.05, 4.69) is 0 Å². The van der Waals surface area contributed by atoms with E-state index in [1.165, 1.54) is 34.0 Å². The van der Waals surface area contributed by atoms with E-state index in [9.17, 15) is 10.4 Å². The van der Waals surface area contributed by atoms with Gasteiger partial charge in [-0.15, -0.1) is 0 Å². The summed E-state index contributed by atoms with van der Waals surface area (Å²) in [5.41, 5.74) is 0. The Bertz CT molecular complexity index is 755. The van der Waals surface area contributed by atoms with Gasteiger partial charge >= 0.3 is 26.2 Å². The zero-order valence-electron chi connectivity index (χ0n) is 15.3. The van der Waals surface area contributed by atoms with Crippen molar-refractivity contribution in [3.05, 3.63) is 120 Å². The van der Waals surface area contributed by atoms with Crippen LogP contribution in [0.3, 0.4) is 0 Å². The molecule has 23 heteroatoms. The van der Waals surface area contributed by atoms with E-state index < -0.39 is 20.3 Å². The standard InChI is InChI=1S/C10H8N2O2S2.4NO3.Zr/c13-11-7-3-1-5-9(11)15-16-10-6-2-4-8-12(10)14;4*2-1(3)4;/h1-8H;;;;;/q;4*-1;+4. The monoisotopic (exact) mass is 590 g/mol. The van der Waals surface area contributed by atoms with Crippen LogP contribution < -0.4 is 9.46 Å². The van der Waals surface area contributed by atoms with E-state index in [1.807, 2.05) is 0 Å². The Morgan fingerprint density at radius 1 is 0.545 bits per heavy atom. The molecule has 0 aliphatic heterocycles. The summed E-state index contributed by atoms with van der Waals surface area (Å²) in [5.74, 6) is 0. The summed E-state index contributed by atoms with van der Waals surface area (Å²) >= 11 is 0. The predicted octanol–water partition coefficient (Wildman–Crippen LogP) is 0.794. The molecular formula is C10H8N6O14S2Zr.